The van der Waals surface area contributed by atoms with Crippen molar-refractivity contribution in [2.75, 3.05) is 31.6 Å². The van der Waals surface area contributed by atoms with Crippen LogP contribution in [0, 0.1) is 0 Å². The van der Waals surface area contributed by atoms with Gasteiger partial charge in [0.1, 0.15) is 18.2 Å². The lowest BCUT2D eigenvalue weighted by molar-refractivity contribution is 0.183. The Bertz CT molecular complexity index is 565. The van der Waals surface area contributed by atoms with Gasteiger partial charge in [0.05, 0.1) is 0 Å². The largest absolute Gasteiger partial charge is 0.492 e. The molecule has 2 heterocycles. The number of benzene rings is 1. The average Bonchev–Trinajstić information content (AvgIpc) is 2.63. The summed E-state index contributed by atoms with van der Waals surface area (Å²) in [6.45, 7) is 5.02. The maximum Gasteiger partial charge on any atom is 0.126 e. The van der Waals surface area contributed by atoms with Gasteiger partial charge in [-0.15, -0.1) is 0 Å². The fraction of sp³-hybridized carbons (Fsp3) is 0.421. The first kappa shape index (κ1) is 15.8. The van der Waals surface area contributed by atoms with E-state index in [2.05, 4.69) is 27.3 Å². The highest BCUT2D eigenvalue weighted by Gasteiger charge is 2.09. The van der Waals surface area contributed by atoms with Crippen LogP contribution in [0.15, 0.2) is 48.7 Å². The number of likely N-dealkylation sites (tertiary alicyclic amines) is 1. The van der Waals surface area contributed by atoms with Gasteiger partial charge in [-0.2, -0.15) is 0 Å². The summed E-state index contributed by atoms with van der Waals surface area (Å²) in [6, 6.07) is 14.2. The Hall–Kier alpha value is -2.07. The third kappa shape index (κ3) is 5.25. The van der Waals surface area contributed by atoms with E-state index in [0.29, 0.717) is 0 Å². The fourth-order valence-electron chi connectivity index (χ4n) is 2.84. The van der Waals surface area contributed by atoms with E-state index in [1.807, 2.05) is 30.3 Å². The van der Waals surface area contributed by atoms with Crippen molar-refractivity contribution in [3.63, 3.8) is 0 Å². The fourth-order valence-corrected chi connectivity index (χ4v) is 2.84. The van der Waals surface area contributed by atoms with Crippen molar-refractivity contribution in [3.05, 3.63) is 54.2 Å². The van der Waals surface area contributed by atoms with E-state index in [1.165, 1.54) is 37.9 Å². The lowest BCUT2D eigenvalue weighted by Crippen LogP contribution is -2.33. The van der Waals surface area contributed by atoms with Crippen LogP contribution in [0.3, 0.4) is 0 Å². The molecular weight excluding hydrogens is 286 g/mol. The summed E-state index contributed by atoms with van der Waals surface area (Å²) in [7, 11) is 0. The van der Waals surface area contributed by atoms with E-state index in [9.17, 15) is 0 Å². The molecule has 0 bridgehead atoms. The number of nitrogens with one attached hydrogen (secondary N) is 1. The molecular formula is C19H25N3O. The van der Waals surface area contributed by atoms with Crippen LogP contribution in [-0.4, -0.2) is 36.1 Å². The summed E-state index contributed by atoms with van der Waals surface area (Å²) in [5.41, 5.74) is 1.22. The summed E-state index contributed by atoms with van der Waals surface area (Å²) in [6.07, 6.45) is 5.84. The van der Waals surface area contributed by atoms with Gasteiger partial charge in [0.25, 0.3) is 0 Å². The summed E-state index contributed by atoms with van der Waals surface area (Å²) in [5, 5.41) is 3.31. The molecule has 1 saturated heterocycles. The highest BCUT2D eigenvalue weighted by atomic mass is 16.5. The lowest BCUT2D eigenvalue weighted by Gasteiger charge is -2.26. The molecule has 1 aromatic carbocycles. The van der Waals surface area contributed by atoms with Crippen molar-refractivity contribution < 1.29 is 4.74 Å². The zero-order valence-corrected chi connectivity index (χ0v) is 13.6. The van der Waals surface area contributed by atoms with Crippen LogP contribution in [0.4, 0.5) is 5.82 Å². The van der Waals surface area contributed by atoms with Crippen LogP contribution >= 0.6 is 0 Å². The second kappa shape index (κ2) is 8.53. The van der Waals surface area contributed by atoms with E-state index >= 15 is 0 Å². The zero-order chi connectivity index (χ0) is 15.7. The molecule has 1 aliphatic heterocycles. The van der Waals surface area contributed by atoms with Gasteiger partial charge in [0.15, 0.2) is 0 Å². The van der Waals surface area contributed by atoms with Crippen molar-refractivity contribution >= 4 is 5.82 Å². The monoisotopic (exact) mass is 311 g/mol. The second-order valence-electron chi connectivity index (χ2n) is 5.96. The Morgan fingerprint density at radius 1 is 1.00 bits per heavy atom. The van der Waals surface area contributed by atoms with E-state index in [4.69, 9.17) is 4.74 Å². The molecule has 0 amide bonds. The number of ether oxygens (including phenoxy) is 1. The van der Waals surface area contributed by atoms with Crippen LogP contribution in [0.1, 0.15) is 24.8 Å². The zero-order valence-electron chi connectivity index (χ0n) is 13.6. The van der Waals surface area contributed by atoms with Gasteiger partial charge in [0, 0.05) is 19.3 Å². The minimum atomic E-state index is 0.769. The quantitative estimate of drug-likeness (QED) is 0.848. The number of rotatable bonds is 7. The molecule has 3 rings (SSSR count). The summed E-state index contributed by atoms with van der Waals surface area (Å²) < 4.78 is 5.85. The highest BCUT2D eigenvalue weighted by Crippen LogP contribution is 2.14. The number of hydrogen-bond acceptors (Lipinski definition) is 4. The Morgan fingerprint density at radius 2 is 1.83 bits per heavy atom. The molecule has 0 atom stereocenters. The van der Waals surface area contributed by atoms with Gasteiger partial charge in [-0.05, 0) is 55.8 Å². The SMILES string of the molecule is c1ccc(NCc2ccc(OCCN3CCCCC3)cc2)nc1. The molecule has 0 unspecified atom stereocenters. The lowest BCUT2D eigenvalue weighted by atomic mass is 10.1. The minimum absolute atomic E-state index is 0.769. The molecule has 122 valence electrons. The predicted octanol–water partition coefficient (Wildman–Crippen LogP) is 3.56. The molecule has 1 aliphatic rings. The van der Waals surface area contributed by atoms with Crippen molar-refractivity contribution in [2.45, 2.75) is 25.8 Å². The maximum atomic E-state index is 5.85. The van der Waals surface area contributed by atoms with Gasteiger partial charge in [-0.3, -0.25) is 4.90 Å². The first-order chi connectivity index (χ1) is 11.4. The summed E-state index contributed by atoms with van der Waals surface area (Å²) in [4.78, 5) is 6.75. The van der Waals surface area contributed by atoms with E-state index in [0.717, 1.165) is 31.3 Å². The molecule has 23 heavy (non-hydrogen) atoms. The smallest absolute Gasteiger partial charge is 0.126 e. The van der Waals surface area contributed by atoms with Crippen molar-refractivity contribution in [1.82, 2.24) is 9.88 Å². The molecule has 1 aromatic heterocycles. The number of piperidine rings is 1. The van der Waals surface area contributed by atoms with Crippen molar-refractivity contribution in [2.24, 2.45) is 0 Å². The van der Waals surface area contributed by atoms with Gasteiger partial charge < -0.3 is 10.1 Å². The van der Waals surface area contributed by atoms with Crippen molar-refractivity contribution in [3.8, 4) is 5.75 Å². The average molecular weight is 311 g/mol. The van der Waals surface area contributed by atoms with Crippen LogP contribution in [-0.2, 0) is 6.54 Å². The van der Waals surface area contributed by atoms with E-state index in [1.54, 1.807) is 6.20 Å². The summed E-state index contributed by atoms with van der Waals surface area (Å²) in [5.74, 6) is 1.85. The third-order valence-corrected chi connectivity index (χ3v) is 4.19. The molecule has 4 nitrogen and oxygen atoms in total. The molecule has 0 spiro atoms. The summed E-state index contributed by atoms with van der Waals surface area (Å²) >= 11 is 0. The van der Waals surface area contributed by atoms with E-state index < -0.39 is 0 Å². The van der Waals surface area contributed by atoms with Crippen LogP contribution in [0.25, 0.3) is 0 Å². The van der Waals surface area contributed by atoms with Crippen LogP contribution < -0.4 is 10.1 Å². The first-order valence-corrected chi connectivity index (χ1v) is 8.49. The number of aromatic nitrogens is 1. The normalized spacial score (nSPS) is 15.3. The van der Waals surface area contributed by atoms with Crippen LogP contribution in [0.2, 0.25) is 0 Å². The Morgan fingerprint density at radius 3 is 2.57 bits per heavy atom. The van der Waals surface area contributed by atoms with E-state index in [-0.39, 0.29) is 0 Å². The Kier molecular flexibility index (Phi) is 5.87. The second-order valence-corrected chi connectivity index (χ2v) is 5.96. The molecule has 4 heteroatoms. The number of nitrogens with zero attached hydrogens (tertiary/aromatic N) is 2. The topological polar surface area (TPSA) is 37.4 Å². The standard InChI is InChI=1S/C19H25N3O/c1-4-12-22(13-5-1)14-15-23-18-9-7-17(8-10-18)16-21-19-6-2-3-11-20-19/h2-3,6-11H,1,4-5,12-16H2,(H,20,21). The van der Waals surface area contributed by atoms with Gasteiger partial charge in [0.2, 0.25) is 0 Å². The number of hydrogen-bond donors (Lipinski definition) is 1. The van der Waals surface area contributed by atoms with Gasteiger partial charge >= 0.3 is 0 Å². The molecule has 0 saturated carbocycles. The third-order valence-electron chi connectivity index (χ3n) is 4.19. The number of anilines is 1. The number of pyridine rings is 1. The Labute approximate surface area is 138 Å². The molecule has 0 radical (unpaired) electrons. The van der Waals surface area contributed by atoms with Crippen LogP contribution in [0.5, 0.6) is 5.75 Å². The maximum absolute atomic E-state index is 5.85. The first-order valence-electron chi connectivity index (χ1n) is 8.49. The molecule has 1 fully saturated rings. The molecule has 0 aliphatic carbocycles. The molecule has 1 N–H and O–H groups in total. The highest BCUT2D eigenvalue weighted by molar-refractivity contribution is 5.36. The van der Waals surface area contributed by atoms with Gasteiger partial charge in [-0.1, -0.05) is 24.6 Å². The van der Waals surface area contributed by atoms with Crippen molar-refractivity contribution in [1.29, 1.82) is 0 Å². The van der Waals surface area contributed by atoms with Gasteiger partial charge in [-0.25, -0.2) is 4.98 Å². The molecule has 2 aromatic rings. The minimum Gasteiger partial charge on any atom is -0.492 e. The Balaban J connectivity index is 1.40. The predicted molar refractivity (Wildman–Crippen MR) is 93.8 cm³/mol.